The molecule has 0 atom stereocenters. The first-order valence-corrected chi connectivity index (χ1v) is 10.7. The van der Waals surface area contributed by atoms with E-state index in [4.69, 9.17) is 4.98 Å². The number of unbranched alkanes of at least 4 members (excludes halogenated alkanes) is 2. The van der Waals surface area contributed by atoms with Crippen LogP contribution < -0.4 is 5.32 Å². The number of rotatable bonds is 10. The maximum Gasteiger partial charge on any atom is 0.242 e. The number of benzene rings is 1. The highest BCUT2D eigenvalue weighted by molar-refractivity contribution is 5.81. The first kappa shape index (κ1) is 20.4. The number of nitrogens with zero attached hydrogens (tertiary/aromatic N) is 3. The monoisotopic (exact) mass is 384 g/mol. The van der Waals surface area contributed by atoms with Crippen LogP contribution >= 0.6 is 0 Å². The Labute approximate surface area is 167 Å². The van der Waals surface area contributed by atoms with E-state index in [0.29, 0.717) is 13.0 Å². The SMILES string of the molecule is CCCC(=O)NCCCCCc1nc2ccccc2n1CC(=O)N1CCCC1. The van der Waals surface area contributed by atoms with Gasteiger partial charge in [0, 0.05) is 32.5 Å². The van der Waals surface area contributed by atoms with Gasteiger partial charge in [-0.1, -0.05) is 25.5 Å². The van der Waals surface area contributed by atoms with Crippen molar-refractivity contribution in [3.8, 4) is 0 Å². The van der Waals surface area contributed by atoms with E-state index in [2.05, 4.69) is 9.88 Å². The molecule has 0 spiro atoms. The van der Waals surface area contributed by atoms with Gasteiger partial charge >= 0.3 is 0 Å². The van der Waals surface area contributed by atoms with Crippen molar-refractivity contribution in [3.63, 3.8) is 0 Å². The molecule has 1 saturated heterocycles. The number of hydrogen-bond donors (Lipinski definition) is 1. The second-order valence-electron chi connectivity index (χ2n) is 7.60. The van der Waals surface area contributed by atoms with E-state index in [0.717, 1.165) is 81.4 Å². The van der Waals surface area contributed by atoms with Crippen LogP contribution in [0.25, 0.3) is 11.0 Å². The summed E-state index contributed by atoms with van der Waals surface area (Å²) in [6, 6.07) is 8.06. The third-order valence-corrected chi connectivity index (χ3v) is 5.36. The van der Waals surface area contributed by atoms with Crippen molar-refractivity contribution in [2.24, 2.45) is 0 Å². The highest BCUT2D eigenvalue weighted by Crippen LogP contribution is 2.19. The number of imidazole rings is 1. The molecule has 0 unspecified atom stereocenters. The minimum atomic E-state index is 0.143. The molecular weight excluding hydrogens is 352 g/mol. The summed E-state index contributed by atoms with van der Waals surface area (Å²) < 4.78 is 2.10. The summed E-state index contributed by atoms with van der Waals surface area (Å²) in [4.78, 5) is 30.9. The molecule has 1 aliphatic rings. The second-order valence-corrected chi connectivity index (χ2v) is 7.60. The molecule has 1 fully saturated rings. The zero-order valence-corrected chi connectivity index (χ0v) is 17.0. The number of hydrogen-bond acceptors (Lipinski definition) is 3. The van der Waals surface area contributed by atoms with E-state index in [1.165, 1.54) is 0 Å². The summed E-state index contributed by atoms with van der Waals surface area (Å²) in [5, 5.41) is 2.96. The Kier molecular flexibility index (Phi) is 7.46. The van der Waals surface area contributed by atoms with E-state index < -0.39 is 0 Å². The zero-order chi connectivity index (χ0) is 19.8. The average Bonchev–Trinajstić information content (AvgIpc) is 3.34. The van der Waals surface area contributed by atoms with Crippen molar-refractivity contribution >= 4 is 22.8 Å². The number of nitrogens with one attached hydrogen (secondary N) is 1. The number of carbonyl (C=O) groups is 2. The molecule has 0 radical (unpaired) electrons. The first-order valence-electron chi connectivity index (χ1n) is 10.7. The molecule has 1 aliphatic heterocycles. The maximum absolute atomic E-state index is 12.7. The molecule has 0 aliphatic carbocycles. The summed E-state index contributed by atoms with van der Waals surface area (Å²) in [6.45, 7) is 4.89. The highest BCUT2D eigenvalue weighted by atomic mass is 16.2. The molecule has 152 valence electrons. The smallest absolute Gasteiger partial charge is 0.242 e. The molecule has 2 aromatic rings. The van der Waals surface area contributed by atoms with Crippen molar-refractivity contribution in [3.05, 3.63) is 30.1 Å². The largest absolute Gasteiger partial charge is 0.356 e. The van der Waals surface area contributed by atoms with Crippen molar-refractivity contribution in [1.82, 2.24) is 19.8 Å². The predicted molar refractivity (Wildman–Crippen MR) is 111 cm³/mol. The van der Waals surface area contributed by atoms with Crippen molar-refractivity contribution in [2.45, 2.75) is 64.8 Å². The molecule has 0 saturated carbocycles. The molecule has 2 amide bonds. The van der Waals surface area contributed by atoms with Gasteiger partial charge in [-0.2, -0.15) is 0 Å². The van der Waals surface area contributed by atoms with E-state index >= 15 is 0 Å². The van der Waals surface area contributed by atoms with Crippen LogP contribution in [0, 0.1) is 0 Å². The fourth-order valence-electron chi connectivity index (χ4n) is 3.82. The number of fused-ring (bicyclic) bond motifs is 1. The normalized spacial score (nSPS) is 14.0. The molecule has 28 heavy (non-hydrogen) atoms. The van der Waals surface area contributed by atoms with Gasteiger partial charge in [0.2, 0.25) is 11.8 Å². The summed E-state index contributed by atoms with van der Waals surface area (Å²) >= 11 is 0. The second kappa shape index (κ2) is 10.2. The third-order valence-electron chi connectivity index (χ3n) is 5.36. The number of aromatic nitrogens is 2. The van der Waals surface area contributed by atoms with Crippen molar-refractivity contribution < 1.29 is 9.59 Å². The van der Waals surface area contributed by atoms with Crippen LogP contribution in [0.5, 0.6) is 0 Å². The Morgan fingerprint density at radius 3 is 2.68 bits per heavy atom. The van der Waals surface area contributed by atoms with Gasteiger partial charge in [-0.3, -0.25) is 9.59 Å². The third kappa shape index (κ3) is 5.33. The Bertz CT molecular complexity index is 793. The standard InChI is InChI=1S/C22H32N4O2/c1-2-10-21(27)23-14-7-3-4-13-20-24-18-11-5-6-12-19(18)26(20)17-22(28)25-15-8-9-16-25/h5-6,11-12H,2-4,7-10,13-17H2,1H3,(H,23,27). The van der Waals surface area contributed by atoms with E-state index in [1.807, 2.05) is 36.1 Å². The van der Waals surface area contributed by atoms with E-state index in [-0.39, 0.29) is 11.8 Å². The fraction of sp³-hybridized carbons (Fsp3) is 0.591. The molecule has 6 nitrogen and oxygen atoms in total. The van der Waals surface area contributed by atoms with Gasteiger partial charge in [0.1, 0.15) is 12.4 Å². The molecule has 1 aromatic heterocycles. The Morgan fingerprint density at radius 1 is 1.11 bits per heavy atom. The minimum Gasteiger partial charge on any atom is -0.356 e. The van der Waals surface area contributed by atoms with Crippen molar-refractivity contribution in [1.29, 1.82) is 0 Å². The highest BCUT2D eigenvalue weighted by Gasteiger charge is 2.20. The molecule has 2 heterocycles. The first-order chi connectivity index (χ1) is 13.7. The topological polar surface area (TPSA) is 67.2 Å². The van der Waals surface area contributed by atoms with Gasteiger partial charge < -0.3 is 14.8 Å². The summed E-state index contributed by atoms with van der Waals surface area (Å²) in [5.41, 5.74) is 2.00. The lowest BCUT2D eigenvalue weighted by Gasteiger charge is -2.17. The van der Waals surface area contributed by atoms with Crippen LogP contribution in [0.2, 0.25) is 0 Å². The number of carbonyl (C=O) groups excluding carboxylic acids is 2. The zero-order valence-electron chi connectivity index (χ0n) is 17.0. The molecule has 1 aromatic carbocycles. The van der Waals surface area contributed by atoms with Crippen LogP contribution in [0.1, 0.15) is 57.7 Å². The molecule has 6 heteroatoms. The Hall–Kier alpha value is -2.37. The van der Waals surface area contributed by atoms with Gasteiger partial charge in [0.05, 0.1) is 11.0 Å². The quantitative estimate of drug-likeness (QED) is 0.639. The Morgan fingerprint density at radius 2 is 1.89 bits per heavy atom. The molecule has 3 rings (SSSR count). The van der Waals surface area contributed by atoms with Gasteiger partial charge in [-0.25, -0.2) is 4.98 Å². The van der Waals surface area contributed by atoms with Crippen LogP contribution in [0.15, 0.2) is 24.3 Å². The Balaban J connectivity index is 1.56. The van der Waals surface area contributed by atoms with Crippen LogP contribution in [0.3, 0.4) is 0 Å². The maximum atomic E-state index is 12.7. The number of para-hydroxylation sites is 2. The lowest BCUT2D eigenvalue weighted by molar-refractivity contribution is -0.130. The van der Waals surface area contributed by atoms with Gasteiger partial charge in [0.15, 0.2) is 0 Å². The van der Waals surface area contributed by atoms with Gasteiger partial charge in [-0.05, 0) is 44.2 Å². The van der Waals surface area contributed by atoms with Gasteiger partial charge in [-0.15, -0.1) is 0 Å². The van der Waals surface area contributed by atoms with Crippen LogP contribution in [0.4, 0.5) is 0 Å². The molecule has 0 bridgehead atoms. The van der Waals surface area contributed by atoms with Crippen molar-refractivity contribution in [2.75, 3.05) is 19.6 Å². The van der Waals surface area contributed by atoms with Gasteiger partial charge in [0.25, 0.3) is 0 Å². The van der Waals surface area contributed by atoms with Crippen LogP contribution in [-0.2, 0) is 22.6 Å². The minimum absolute atomic E-state index is 0.143. The molecular formula is C22H32N4O2. The number of aryl methyl sites for hydroxylation is 1. The predicted octanol–water partition coefficient (Wildman–Crippen LogP) is 3.29. The van der Waals surface area contributed by atoms with Crippen LogP contribution in [-0.4, -0.2) is 45.9 Å². The fourth-order valence-corrected chi connectivity index (χ4v) is 3.82. The lowest BCUT2D eigenvalue weighted by Crippen LogP contribution is -2.31. The van der Waals surface area contributed by atoms with E-state index in [1.54, 1.807) is 0 Å². The number of amides is 2. The lowest BCUT2D eigenvalue weighted by atomic mass is 10.2. The average molecular weight is 385 g/mol. The number of likely N-dealkylation sites (tertiary alicyclic amines) is 1. The summed E-state index contributed by atoms with van der Waals surface area (Å²) in [6.07, 6.45) is 7.58. The molecule has 1 N–H and O–H groups in total. The summed E-state index contributed by atoms with van der Waals surface area (Å²) in [5.74, 6) is 1.33. The van der Waals surface area contributed by atoms with E-state index in [9.17, 15) is 9.59 Å². The summed E-state index contributed by atoms with van der Waals surface area (Å²) in [7, 11) is 0.